The fraction of sp³-hybridized carbons (Fsp3) is 0.286. The highest BCUT2D eigenvalue weighted by Gasteiger charge is 2.46. The van der Waals surface area contributed by atoms with Crippen molar-refractivity contribution in [1.29, 1.82) is 0 Å². The van der Waals surface area contributed by atoms with Crippen molar-refractivity contribution in [3.63, 3.8) is 0 Å². The van der Waals surface area contributed by atoms with Gasteiger partial charge in [0.05, 0.1) is 7.11 Å². The number of phenolic OH excluding ortho intramolecular Hbond substituents is 1. The molecular formula is C21H21NO6S2. The molecule has 1 aliphatic rings. The molecule has 30 heavy (non-hydrogen) atoms. The molecule has 2 aromatic carbocycles. The molecule has 3 rings (SSSR count). The van der Waals surface area contributed by atoms with Crippen LogP contribution in [-0.2, 0) is 9.59 Å². The number of aromatic hydroxyl groups is 1. The van der Waals surface area contributed by atoms with Crippen LogP contribution >= 0.6 is 24.4 Å². The molecule has 7 nitrogen and oxygen atoms in total. The largest absolute Gasteiger partial charge is 0.504 e. The number of hydrogen-bond acceptors (Lipinski definition) is 7. The van der Waals surface area contributed by atoms with Crippen LogP contribution in [0.5, 0.6) is 11.5 Å². The normalized spacial score (nSPS) is 19.3. The molecule has 3 atom stereocenters. The van der Waals surface area contributed by atoms with Crippen molar-refractivity contribution in [2.24, 2.45) is 5.92 Å². The number of carboxylic acid groups (broad SMARTS) is 1. The van der Waals surface area contributed by atoms with Crippen LogP contribution in [-0.4, -0.2) is 57.4 Å². The Morgan fingerprint density at radius 1 is 1.20 bits per heavy atom. The van der Waals surface area contributed by atoms with Gasteiger partial charge in [-0.1, -0.05) is 42.5 Å². The summed E-state index contributed by atoms with van der Waals surface area (Å²) in [7, 11) is 1.40. The Labute approximate surface area is 183 Å². The maximum atomic E-state index is 13.4. The molecule has 0 spiro atoms. The summed E-state index contributed by atoms with van der Waals surface area (Å²) in [6, 6.07) is 12.0. The maximum Gasteiger partial charge on any atom is 0.327 e. The van der Waals surface area contributed by atoms with Gasteiger partial charge in [-0.15, -0.1) is 11.8 Å². The average molecular weight is 448 g/mol. The van der Waals surface area contributed by atoms with Crippen molar-refractivity contribution in [3.8, 4) is 11.5 Å². The first kappa shape index (κ1) is 22.0. The van der Waals surface area contributed by atoms with Crippen LogP contribution in [0.3, 0.4) is 0 Å². The monoisotopic (exact) mass is 447 g/mol. The number of carbonyl (C=O) groups is 3. The first-order chi connectivity index (χ1) is 14.4. The van der Waals surface area contributed by atoms with Gasteiger partial charge in [0.25, 0.3) is 0 Å². The third kappa shape index (κ3) is 4.13. The number of rotatable bonds is 7. The van der Waals surface area contributed by atoms with Crippen molar-refractivity contribution < 1.29 is 29.3 Å². The molecule has 158 valence electrons. The van der Waals surface area contributed by atoms with E-state index >= 15 is 0 Å². The third-order valence-corrected chi connectivity index (χ3v) is 6.58. The van der Waals surface area contributed by atoms with E-state index < -0.39 is 35.0 Å². The Bertz CT molecular complexity index is 952. The number of benzene rings is 2. The van der Waals surface area contributed by atoms with Crippen LogP contribution in [0.4, 0.5) is 0 Å². The number of carbonyl (C=O) groups excluding carboxylic acids is 2. The Kier molecular flexibility index (Phi) is 6.94. The topological polar surface area (TPSA) is 104 Å². The molecule has 1 fully saturated rings. The number of nitrogens with zero attached hydrogens (tertiary/aromatic N) is 1. The number of ketones is 1. The zero-order valence-corrected chi connectivity index (χ0v) is 17.8. The Morgan fingerprint density at radius 3 is 2.50 bits per heavy atom. The van der Waals surface area contributed by atoms with E-state index in [2.05, 4.69) is 12.6 Å². The van der Waals surface area contributed by atoms with Crippen molar-refractivity contribution >= 4 is 42.1 Å². The van der Waals surface area contributed by atoms with Crippen molar-refractivity contribution in [1.82, 2.24) is 4.90 Å². The van der Waals surface area contributed by atoms with Gasteiger partial charge in [0.1, 0.15) is 17.3 Å². The van der Waals surface area contributed by atoms with Gasteiger partial charge in [0.2, 0.25) is 5.91 Å². The first-order valence-corrected chi connectivity index (χ1v) is 10.8. The predicted octanol–water partition coefficient (Wildman–Crippen LogP) is 2.86. The molecule has 0 radical (unpaired) electrons. The van der Waals surface area contributed by atoms with E-state index in [0.29, 0.717) is 11.1 Å². The van der Waals surface area contributed by atoms with Crippen LogP contribution < -0.4 is 4.74 Å². The van der Waals surface area contributed by atoms with Crippen LogP contribution in [0, 0.1) is 5.92 Å². The number of Topliss-reactive ketones (excluding diaryl/α,β-unsaturated/α-hetero) is 1. The predicted molar refractivity (Wildman–Crippen MR) is 116 cm³/mol. The maximum absolute atomic E-state index is 13.4. The minimum absolute atomic E-state index is 0.0725. The van der Waals surface area contributed by atoms with Gasteiger partial charge in [0.15, 0.2) is 17.3 Å². The molecule has 1 unspecified atom stereocenters. The number of methoxy groups -OCH3 is 1. The lowest BCUT2D eigenvalue weighted by Crippen LogP contribution is -2.47. The second-order valence-electron chi connectivity index (χ2n) is 6.65. The van der Waals surface area contributed by atoms with Crippen molar-refractivity contribution in [2.45, 2.75) is 11.4 Å². The minimum atomic E-state index is -1.18. The molecule has 1 aliphatic heterocycles. The van der Waals surface area contributed by atoms with Gasteiger partial charge in [-0.05, 0) is 6.07 Å². The average Bonchev–Trinajstić information content (AvgIpc) is 3.20. The van der Waals surface area contributed by atoms with Gasteiger partial charge in [-0.3, -0.25) is 9.59 Å². The summed E-state index contributed by atoms with van der Waals surface area (Å²) >= 11 is 5.40. The Balaban J connectivity index is 2.00. The highest BCUT2D eigenvalue weighted by Crippen LogP contribution is 2.47. The lowest BCUT2D eigenvalue weighted by molar-refractivity contribution is -0.150. The van der Waals surface area contributed by atoms with Crippen LogP contribution in [0.25, 0.3) is 0 Å². The minimum Gasteiger partial charge on any atom is -0.504 e. The highest BCUT2D eigenvalue weighted by molar-refractivity contribution is 7.99. The zero-order chi connectivity index (χ0) is 21.8. The summed E-state index contributed by atoms with van der Waals surface area (Å²) in [5.41, 5.74) is 0.700. The molecule has 1 amide bonds. The molecule has 0 bridgehead atoms. The third-order valence-electron chi connectivity index (χ3n) is 4.91. The molecule has 0 saturated carbocycles. The fourth-order valence-corrected chi connectivity index (χ4v) is 5.14. The quantitative estimate of drug-likeness (QED) is 0.341. The summed E-state index contributed by atoms with van der Waals surface area (Å²) in [6.07, 6.45) is 0. The molecule has 0 aromatic heterocycles. The van der Waals surface area contributed by atoms with E-state index in [9.17, 15) is 24.6 Å². The molecular weight excluding hydrogens is 426 g/mol. The molecule has 2 aromatic rings. The lowest BCUT2D eigenvalue weighted by atomic mass is 9.96. The molecule has 1 heterocycles. The van der Waals surface area contributed by atoms with E-state index in [1.54, 1.807) is 48.5 Å². The number of thiol groups is 1. The number of para-hydroxylation sites is 1. The lowest BCUT2D eigenvalue weighted by Gasteiger charge is -2.31. The van der Waals surface area contributed by atoms with Gasteiger partial charge < -0.3 is 19.8 Å². The summed E-state index contributed by atoms with van der Waals surface area (Å²) in [5, 5.41) is 19.5. The smallest absolute Gasteiger partial charge is 0.327 e. The van der Waals surface area contributed by atoms with E-state index in [1.165, 1.54) is 23.8 Å². The van der Waals surface area contributed by atoms with Crippen LogP contribution in [0.2, 0.25) is 0 Å². The first-order valence-electron chi connectivity index (χ1n) is 9.13. The summed E-state index contributed by atoms with van der Waals surface area (Å²) in [6.45, 7) is 0. The standard InChI is InChI=1S/C21H21NO6S2/c1-28-16-9-5-8-13(18(16)24)20-22(15(11-30-20)21(26)27)19(25)14(10-29)17(23)12-6-3-2-4-7-12/h2-9,14-15,20,24,29H,10-11H2,1H3,(H,26,27)/t14-,15-,20?/m0/s1. The van der Waals surface area contributed by atoms with E-state index in [1.807, 2.05) is 0 Å². The summed E-state index contributed by atoms with van der Waals surface area (Å²) in [5.74, 6) is -3.28. The molecule has 1 saturated heterocycles. The Morgan fingerprint density at radius 2 is 1.90 bits per heavy atom. The molecule has 0 aliphatic carbocycles. The molecule has 9 heteroatoms. The van der Waals surface area contributed by atoms with Crippen molar-refractivity contribution in [2.75, 3.05) is 18.6 Å². The van der Waals surface area contributed by atoms with Gasteiger partial charge in [0, 0.05) is 22.6 Å². The number of hydrogen-bond donors (Lipinski definition) is 3. The van der Waals surface area contributed by atoms with Crippen molar-refractivity contribution in [3.05, 3.63) is 59.7 Å². The highest BCUT2D eigenvalue weighted by atomic mass is 32.2. The molecule has 2 N–H and O–H groups in total. The second kappa shape index (κ2) is 9.44. The van der Waals surface area contributed by atoms with Gasteiger partial charge in [-0.25, -0.2) is 4.79 Å². The van der Waals surface area contributed by atoms with Gasteiger partial charge >= 0.3 is 5.97 Å². The number of aliphatic carboxylic acids is 1. The van der Waals surface area contributed by atoms with E-state index in [0.717, 1.165) is 0 Å². The number of phenols is 1. The number of ether oxygens (including phenoxy) is 1. The summed E-state index contributed by atoms with van der Waals surface area (Å²) in [4.78, 5) is 39.4. The van der Waals surface area contributed by atoms with E-state index in [4.69, 9.17) is 4.74 Å². The second-order valence-corrected chi connectivity index (χ2v) is 8.13. The van der Waals surface area contributed by atoms with Crippen LogP contribution in [0.1, 0.15) is 21.3 Å². The van der Waals surface area contributed by atoms with Crippen LogP contribution in [0.15, 0.2) is 48.5 Å². The number of carboxylic acids is 1. The number of thioether (sulfide) groups is 1. The number of amides is 1. The zero-order valence-electron chi connectivity index (χ0n) is 16.1. The summed E-state index contributed by atoms with van der Waals surface area (Å²) < 4.78 is 5.13. The van der Waals surface area contributed by atoms with Gasteiger partial charge in [-0.2, -0.15) is 12.6 Å². The Hall–Kier alpha value is -2.65. The fourth-order valence-electron chi connectivity index (χ4n) is 3.37. The SMILES string of the molecule is COc1cccc(C2SC[C@@H](C(=O)O)N2C(=O)[C@@H](CS)C(=O)c2ccccc2)c1O. The van der Waals surface area contributed by atoms with E-state index in [-0.39, 0.29) is 23.0 Å².